The Balaban J connectivity index is 1.90. The van der Waals surface area contributed by atoms with Crippen molar-refractivity contribution in [3.05, 3.63) is 53.8 Å². The summed E-state index contributed by atoms with van der Waals surface area (Å²) in [6.45, 7) is 3.49. The van der Waals surface area contributed by atoms with Gasteiger partial charge in [0.2, 0.25) is 0 Å². The van der Waals surface area contributed by atoms with E-state index in [2.05, 4.69) is 10.6 Å². The average molecular weight is 318 g/mol. The van der Waals surface area contributed by atoms with Gasteiger partial charge in [0.15, 0.2) is 0 Å². The molecule has 0 heterocycles. The molecule has 0 spiro atoms. The van der Waals surface area contributed by atoms with Crippen molar-refractivity contribution in [2.45, 2.75) is 20.0 Å². The van der Waals surface area contributed by atoms with Crippen molar-refractivity contribution in [2.24, 2.45) is 0 Å². The van der Waals surface area contributed by atoms with E-state index in [0.29, 0.717) is 22.7 Å². The van der Waals surface area contributed by atoms with Crippen LogP contribution in [0.3, 0.4) is 0 Å². The number of halogens is 1. The van der Waals surface area contributed by atoms with Crippen molar-refractivity contribution in [2.75, 3.05) is 17.2 Å². The molecular weight excluding hydrogens is 299 g/mol. The van der Waals surface area contributed by atoms with Crippen LogP contribution in [0.25, 0.3) is 0 Å². The summed E-state index contributed by atoms with van der Waals surface area (Å²) < 4.78 is 18.8. The number of aliphatic hydroxyl groups excluding tert-OH is 1. The maximum Gasteiger partial charge on any atom is 0.323 e. The fourth-order valence-corrected chi connectivity index (χ4v) is 1.82. The van der Waals surface area contributed by atoms with Gasteiger partial charge in [0.25, 0.3) is 0 Å². The van der Waals surface area contributed by atoms with Gasteiger partial charge in [-0.2, -0.15) is 0 Å². The zero-order valence-corrected chi connectivity index (χ0v) is 13.0. The van der Waals surface area contributed by atoms with Crippen molar-refractivity contribution < 1.29 is 19.0 Å². The number of urea groups is 1. The topological polar surface area (TPSA) is 70.6 Å². The number of benzene rings is 2. The molecule has 1 atom stereocenters. The minimum Gasteiger partial charge on any atom is -0.491 e. The van der Waals surface area contributed by atoms with E-state index < -0.39 is 12.1 Å². The Morgan fingerprint density at radius 2 is 1.78 bits per heavy atom. The van der Waals surface area contributed by atoms with Gasteiger partial charge >= 0.3 is 6.03 Å². The third-order valence-corrected chi connectivity index (χ3v) is 3.03. The zero-order valence-electron chi connectivity index (χ0n) is 13.0. The van der Waals surface area contributed by atoms with E-state index in [1.54, 1.807) is 50.2 Å². The second-order valence-corrected chi connectivity index (χ2v) is 5.23. The molecule has 6 heteroatoms. The highest BCUT2D eigenvalue weighted by molar-refractivity contribution is 5.99. The summed E-state index contributed by atoms with van der Waals surface area (Å²) >= 11 is 0. The first-order chi connectivity index (χ1) is 10.9. The number of aliphatic hydroxyl groups is 1. The van der Waals surface area contributed by atoms with Crippen LogP contribution in [0.2, 0.25) is 0 Å². The fourth-order valence-electron chi connectivity index (χ4n) is 1.82. The van der Waals surface area contributed by atoms with E-state index in [1.807, 2.05) is 0 Å². The van der Waals surface area contributed by atoms with Crippen LogP contribution >= 0.6 is 0 Å². The van der Waals surface area contributed by atoms with Crippen molar-refractivity contribution in [3.8, 4) is 5.75 Å². The van der Waals surface area contributed by atoms with Crippen molar-refractivity contribution in [1.29, 1.82) is 0 Å². The zero-order chi connectivity index (χ0) is 16.8. The number of hydrogen-bond donors (Lipinski definition) is 3. The SMILES string of the molecule is Cc1ccc(NC(=O)Nc2ccc(OCC(C)O)cc2)cc1F. The largest absolute Gasteiger partial charge is 0.491 e. The van der Waals surface area contributed by atoms with E-state index in [-0.39, 0.29) is 12.4 Å². The highest BCUT2D eigenvalue weighted by atomic mass is 19.1. The number of nitrogens with one attached hydrogen (secondary N) is 2. The first-order valence-corrected chi connectivity index (χ1v) is 7.19. The number of hydrogen-bond acceptors (Lipinski definition) is 3. The van der Waals surface area contributed by atoms with Crippen LogP contribution in [0.4, 0.5) is 20.6 Å². The molecule has 0 aromatic heterocycles. The lowest BCUT2D eigenvalue weighted by Gasteiger charge is -2.10. The van der Waals surface area contributed by atoms with E-state index in [9.17, 15) is 9.18 Å². The van der Waals surface area contributed by atoms with Gasteiger partial charge < -0.3 is 20.5 Å². The van der Waals surface area contributed by atoms with Gasteiger partial charge in [-0.15, -0.1) is 0 Å². The predicted octanol–water partition coefficient (Wildman–Crippen LogP) is 3.54. The van der Waals surface area contributed by atoms with Gasteiger partial charge in [0.05, 0.1) is 6.10 Å². The Labute approximate surface area is 134 Å². The molecule has 0 bridgehead atoms. The molecule has 122 valence electrons. The number of amides is 2. The summed E-state index contributed by atoms with van der Waals surface area (Å²) in [5.41, 5.74) is 1.46. The van der Waals surface area contributed by atoms with Crippen LogP contribution in [0, 0.1) is 12.7 Å². The minimum absolute atomic E-state index is 0.201. The Bertz CT molecular complexity index is 672. The lowest BCUT2D eigenvalue weighted by molar-refractivity contribution is 0.123. The smallest absolute Gasteiger partial charge is 0.323 e. The normalized spacial score (nSPS) is 11.7. The van der Waals surface area contributed by atoms with Gasteiger partial charge in [-0.3, -0.25) is 0 Å². The molecule has 2 aromatic carbocycles. The number of anilines is 2. The van der Waals surface area contributed by atoms with Crippen molar-refractivity contribution in [3.63, 3.8) is 0 Å². The molecular formula is C17H19FN2O3. The standard InChI is InChI=1S/C17H19FN2O3/c1-11-3-4-14(9-16(11)18)20-17(22)19-13-5-7-15(8-6-13)23-10-12(2)21/h3-9,12,21H,10H2,1-2H3,(H2,19,20,22). The Morgan fingerprint density at radius 3 is 2.39 bits per heavy atom. The molecule has 0 saturated carbocycles. The number of ether oxygens (including phenoxy) is 1. The fraction of sp³-hybridized carbons (Fsp3) is 0.235. The van der Waals surface area contributed by atoms with Crippen molar-refractivity contribution in [1.82, 2.24) is 0 Å². The quantitative estimate of drug-likeness (QED) is 0.789. The summed E-state index contributed by atoms with van der Waals surface area (Å²) in [5.74, 6) is 0.222. The second kappa shape index (κ2) is 7.60. The molecule has 0 saturated heterocycles. The molecule has 2 amide bonds. The maximum atomic E-state index is 13.4. The van der Waals surface area contributed by atoms with Gasteiger partial charge in [0.1, 0.15) is 18.2 Å². The third kappa shape index (κ3) is 5.27. The van der Waals surface area contributed by atoms with Crippen LogP contribution in [0.1, 0.15) is 12.5 Å². The first kappa shape index (κ1) is 16.8. The Morgan fingerprint density at radius 1 is 1.17 bits per heavy atom. The lowest BCUT2D eigenvalue weighted by Crippen LogP contribution is -2.19. The van der Waals surface area contributed by atoms with Gasteiger partial charge in [0, 0.05) is 11.4 Å². The Kier molecular flexibility index (Phi) is 5.54. The molecule has 23 heavy (non-hydrogen) atoms. The summed E-state index contributed by atoms with van der Waals surface area (Å²) in [7, 11) is 0. The van der Waals surface area contributed by atoms with Crippen LogP contribution in [0.15, 0.2) is 42.5 Å². The summed E-state index contributed by atoms with van der Waals surface area (Å²) in [4.78, 5) is 11.9. The van der Waals surface area contributed by atoms with Crippen LogP contribution < -0.4 is 15.4 Å². The highest BCUT2D eigenvalue weighted by Crippen LogP contribution is 2.17. The summed E-state index contributed by atoms with van der Waals surface area (Å²) in [6, 6.07) is 10.7. The van der Waals surface area contributed by atoms with E-state index in [0.717, 1.165) is 0 Å². The first-order valence-electron chi connectivity index (χ1n) is 7.19. The number of aryl methyl sites for hydroxylation is 1. The molecule has 0 aliphatic heterocycles. The predicted molar refractivity (Wildman–Crippen MR) is 87.4 cm³/mol. The maximum absolute atomic E-state index is 13.4. The molecule has 1 unspecified atom stereocenters. The molecule has 0 aliphatic carbocycles. The molecule has 0 aliphatic rings. The molecule has 0 fully saturated rings. The molecule has 2 rings (SSSR count). The van der Waals surface area contributed by atoms with Crippen LogP contribution in [-0.2, 0) is 0 Å². The van der Waals surface area contributed by atoms with Gasteiger partial charge in [-0.1, -0.05) is 6.07 Å². The molecule has 2 aromatic rings. The Hall–Kier alpha value is -2.60. The average Bonchev–Trinajstić information content (AvgIpc) is 2.50. The number of carbonyl (C=O) groups excluding carboxylic acids is 1. The molecule has 3 N–H and O–H groups in total. The summed E-state index contributed by atoms with van der Waals surface area (Å²) in [6.07, 6.45) is -0.548. The van der Waals surface area contributed by atoms with Gasteiger partial charge in [-0.05, 0) is 55.8 Å². The number of rotatable bonds is 5. The second-order valence-electron chi connectivity index (χ2n) is 5.23. The van der Waals surface area contributed by atoms with E-state index >= 15 is 0 Å². The highest BCUT2D eigenvalue weighted by Gasteiger charge is 2.05. The molecule has 5 nitrogen and oxygen atoms in total. The van der Waals surface area contributed by atoms with Crippen LogP contribution in [-0.4, -0.2) is 23.8 Å². The summed E-state index contributed by atoms with van der Waals surface area (Å²) in [5, 5.41) is 14.3. The number of carbonyl (C=O) groups is 1. The lowest BCUT2D eigenvalue weighted by atomic mass is 10.2. The van der Waals surface area contributed by atoms with Crippen LogP contribution in [0.5, 0.6) is 5.75 Å². The van der Waals surface area contributed by atoms with Gasteiger partial charge in [-0.25, -0.2) is 9.18 Å². The van der Waals surface area contributed by atoms with E-state index in [4.69, 9.17) is 9.84 Å². The minimum atomic E-state index is -0.548. The van der Waals surface area contributed by atoms with Crippen molar-refractivity contribution >= 4 is 17.4 Å². The molecule has 0 radical (unpaired) electrons. The van der Waals surface area contributed by atoms with E-state index in [1.165, 1.54) is 6.07 Å². The monoisotopic (exact) mass is 318 g/mol. The third-order valence-electron chi connectivity index (χ3n) is 3.03.